The Morgan fingerprint density at radius 1 is 0.966 bits per heavy atom. The fraction of sp³-hybridized carbons (Fsp3) is 0.409. The average Bonchev–Trinajstić information content (AvgIpc) is 3.20. The smallest absolute Gasteiger partial charge is 0.191 e. The molecule has 1 aliphatic heterocycles. The summed E-state index contributed by atoms with van der Waals surface area (Å²) in [6.07, 6.45) is 5.77. The van der Waals surface area contributed by atoms with Gasteiger partial charge in [-0.2, -0.15) is 0 Å². The summed E-state index contributed by atoms with van der Waals surface area (Å²) in [7, 11) is 1.70. The van der Waals surface area contributed by atoms with Crippen molar-refractivity contribution in [3.63, 3.8) is 0 Å². The van der Waals surface area contributed by atoms with Crippen molar-refractivity contribution >= 4 is 11.8 Å². The molecule has 29 heavy (non-hydrogen) atoms. The summed E-state index contributed by atoms with van der Waals surface area (Å²) in [6, 6.07) is 14.0. The molecule has 3 aromatic rings. The van der Waals surface area contributed by atoms with Crippen LogP contribution < -0.4 is 4.74 Å². The van der Waals surface area contributed by atoms with Crippen molar-refractivity contribution in [1.29, 1.82) is 0 Å². The fourth-order valence-corrected chi connectivity index (χ4v) is 4.55. The van der Waals surface area contributed by atoms with E-state index < -0.39 is 0 Å². The maximum atomic E-state index is 5.58. The number of pyridine rings is 1. The molecule has 0 spiro atoms. The highest BCUT2D eigenvalue weighted by atomic mass is 32.2. The second-order valence-corrected chi connectivity index (χ2v) is 8.11. The predicted octanol–water partition coefficient (Wildman–Crippen LogP) is 4.13. The molecule has 1 saturated heterocycles. The number of para-hydroxylation sites is 1. The molecule has 0 bridgehead atoms. The van der Waals surface area contributed by atoms with E-state index in [9.17, 15) is 0 Å². The Bertz CT molecular complexity index is 909. The molecule has 0 aliphatic carbocycles. The third-order valence-corrected chi connectivity index (χ3v) is 6.23. The lowest BCUT2D eigenvalue weighted by Crippen LogP contribution is -2.32. The van der Waals surface area contributed by atoms with E-state index in [2.05, 4.69) is 24.6 Å². The molecular formula is C22H27N5OS. The molecule has 152 valence electrons. The maximum Gasteiger partial charge on any atom is 0.191 e. The van der Waals surface area contributed by atoms with Crippen LogP contribution in [-0.4, -0.2) is 51.4 Å². The molecule has 4 rings (SSSR count). The van der Waals surface area contributed by atoms with Gasteiger partial charge < -0.3 is 14.2 Å². The lowest BCUT2D eigenvalue weighted by atomic mass is 10.1. The molecule has 1 fully saturated rings. The maximum absolute atomic E-state index is 5.58. The van der Waals surface area contributed by atoms with Crippen LogP contribution in [0.25, 0.3) is 11.4 Å². The van der Waals surface area contributed by atoms with Crippen LogP contribution in [0.4, 0.5) is 0 Å². The number of rotatable bonds is 8. The summed E-state index contributed by atoms with van der Waals surface area (Å²) >= 11 is 1.68. The van der Waals surface area contributed by atoms with Crippen LogP contribution >= 0.6 is 11.8 Å². The van der Waals surface area contributed by atoms with E-state index in [0.717, 1.165) is 46.8 Å². The summed E-state index contributed by atoms with van der Waals surface area (Å²) in [5.41, 5.74) is 2.02. The number of nitrogens with zero attached hydrogens (tertiary/aromatic N) is 5. The topological polar surface area (TPSA) is 56.1 Å². The van der Waals surface area contributed by atoms with Crippen molar-refractivity contribution in [2.75, 3.05) is 26.7 Å². The zero-order chi connectivity index (χ0) is 19.9. The number of likely N-dealkylation sites (tertiary alicyclic amines) is 1. The van der Waals surface area contributed by atoms with E-state index in [1.54, 1.807) is 18.9 Å². The zero-order valence-corrected chi connectivity index (χ0v) is 17.6. The Morgan fingerprint density at radius 3 is 2.59 bits per heavy atom. The van der Waals surface area contributed by atoms with E-state index in [4.69, 9.17) is 4.74 Å². The SMILES string of the molecule is COc1ccccc1-c1nnc(SCc2ccccn2)n1CCN1CCCCC1. The van der Waals surface area contributed by atoms with E-state index in [1.165, 1.54) is 32.4 Å². The van der Waals surface area contributed by atoms with Crippen LogP contribution in [0.2, 0.25) is 0 Å². The monoisotopic (exact) mass is 409 g/mol. The Balaban J connectivity index is 1.58. The number of hydrogen-bond acceptors (Lipinski definition) is 6. The molecule has 1 aromatic carbocycles. The van der Waals surface area contributed by atoms with Crippen LogP contribution in [-0.2, 0) is 12.3 Å². The Labute approximate surface area is 176 Å². The van der Waals surface area contributed by atoms with Gasteiger partial charge in [0.1, 0.15) is 5.75 Å². The van der Waals surface area contributed by atoms with Gasteiger partial charge >= 0.3 is 0 Å². The van der Waals surface area contributed by atoms with E-state index >= 15 is 0 Å². The van der Waals surface area contributed by atoms with Gasteiger partial charge in [0.05, 0.1) is 18.4 Å². The number of thioether (sulfide) groups is 1. The van der Waals surface area contributed by atoms with E-state index in [-0.39, 0.29) is 0 Å². The first-order valence-corrected chi connectivity index (χ1v) is 11.2. The summed E-state index contributed by atoms with van der Waals surface area (Å²) in [5, 5.41) is 9.99. The molecule has 2 aromatic heterocycles. The minimum atomic E-state index is 0.772. The largest absolute Gasteiger partial charge is 0.496 e. The minimum Gasteiger partial charge on any atom is -0.496 e. The van der Waals surface area contributed by atoms with Gasteiger partial charge in [-0.05, 0) is 50.2 Å². The van der Waals surface area contributed by atoms with Gasteiger partial charge in [0.2, 0.25) is 0 Å². The van der Waals surface area contributed by atoms with Crippen molar-refractivity contribution in [2.24, 2.45) is 0 Å². The standard InChI is InChI=1S/C22H27N5OS/c1-28-20-11-4-3-10-19(20)21-24-25-22(29-17-18-9-5-6-12-23-18)27(21)16-15-26-13-7-2-8-14-26/h3-6,9-12H,2,7-8,13-17H2,1H3. The third-order valence-electron chi connectivity index (χ3n) is 5.23. The summed E-state index contributed by atoms with van der Waals surface area (Å²) in [6.45, 7) is 4.24. The molecule has 3 heterocycles. The highest BCUT2D eigenvalue weighted by Crippen LogP contribution is 2.31. The Hall–Kier alpha value is -2.38. The second kappa shape index (κ2) is 9.89. The van der Waals surface area contributed by atoms with Crippen molar-refractivity contribution in [3.8, 4) is 17.1 Å². The lowest BCUT2D eigenvalue weighted by Gasteiger charge is -2.26. The van der Waals surface area contributed by atoms with Crippen LogP contribution in [0.1, 0.15) is 25.0 Å². The zero-order valence-electron chi connectivity index (χ0n) is 16.8. The van der Waals surface area contributed by atoms with Gasteiger partial charge in [-0.3, -0.25) is 4.98 Å². The quantitative estimate of drug-likeness (QED) is 0.522. The van der Waals surface area contributed by atoms with Crippen molar-refractivity contribution in [3.05, 3.63) is 54.4 Å². The number of ether oxygens (including phenoxy) is 1. The molecule has 0 unspecified atom stereocenters. The first kappa shape index (κ1) is 19.9. The Morgan fingerprint density at radius 2 is 1.79 bits per heavy atom. The molecule has 0 atom stereocenters. The molecule has 0 amide bonds. The number of methoxy groups -OCH3 is 1. The lowest BCUT2D eigenvalue weighted by molar-refractivity contribution is 0.219. The molecule has 6 nitrogen and oxygen atoms in total. The average molecular weight is 410 g/mol. The highest BCUT2D eigenvalue weighted by molar-refractivity contribution is 7.98. The molecule has 0 radical (unpaired) electrons. The molecule has 0 N–H and O–H groups in total. The number of benzene rings is 1. The summed E-state index contributed by atoms with van der Waals surface area (Å²) in [5.74, 6) is 2.46. The van der Waals surface area contributed by atoms with Crippen LogP contribution in [0.5, 0.6) is 5.75 Å². The molecular weight excluding hydrogens is 382 g/mol. The molecule has 1 aliphatic rings. The minimum absolute atomic E-state index is 0.772. The van der Waals surface area contributed by atoms with Gasteiger partial charge in [-0.1, -0.05) is 36.4 Å². The number of piperidine rings is 1. The molecule has 0 saturated carbocycles. The highest BCUT2D eigenvalue weighted by Gasteiger charge is 2.19. The van der Waals surface area contributed by atoms with Gasteiger partial charge in [0, 0.05) is 25.0 Å². The van der Waals surface area contributed by atoms with Crippen molar-refractivity contribution in [2.45, 2.75) is 36.7 Å². The van der Waals surface area contributed by atoms with Crippen molar-refractivity contribution in [1.82, 2.24) is 24.6 Å². The third kappa shape index (κ3) is 4.97. The first-order chi connectivity index (χ1) is 14.3. The Kier molecular flexibility index (Phi) is 6.79. The van der Waals surface area contributed by atoms with Gasteiger partial charge in [-0.25, -0.2) is 0 Å². The normalized spacial score (nSPS) is 14.8. The van der Waals surface area contributed by atoms with Crippen LogP contribution in [0.3, 0.4) is 0 Å². The van der Waals surface area contributed by atoms with Crippen molar-refractivity contribution < 1.29 is 4.74 Å². The van der Waals surface area contributed by atoms with Gasteiger partial charge in [0.25, 0.3) is 0 Å². The van der Waals surface area contributed by atoms with Crippen LogP contribution in [0.15, 0.2) is 53.8 Å². The van der Waals surface area contributed by atoms with Gasteiger partial charge in [0.15, 0.2) is 11.0 Å². The van der Waals surface area contributed by atoms with E-state index in [0.29, 0.717) is 0 Å². The summed E-state index contributed by atoms with van der Waals surface area (Å²) in [4.78, 5) is 6.97. The predicted molar refractivity (Wildman–Crippen MR) is 116 cm³/mol. The fourth-order valence-electron chi connectivity index (χ4n) is 3.67. The molecule has 7 heteroatoms. The first-order valence-electron chi connectivity index (χ1n) is 10.2. The van der Waals surface area contributed by atoms with Crippen LogP contribution in [0, 0.1) is 0 Å². The van der Waals surface area contributed by atoms with Gasteiger partial charge in [-0.15, -0.1) is 10.2 Å². The number of aromatic nitrogens is 4. The number of hydrogen-bond donors (Lipinski definition) is 0. The second-order valence-electron chi connectivity index (χ2n) is 7.17. The summed E-state index contributed by atoms with van der Waals surface area (Å²) < 4.78 is 7.82. The van der Waals surface area contributed by atoms with E-state index in [1.807, 2.05) is 48.7 Å².